The number of aromatic nitrogens is 1. The summed E-state index contributed by atoms with van der Waals surface area (Å²) in [5.74, 6) is -0.913. The monoisotopic (exact) mass is 342 g/mol. The van der Waals surface area contributed by atoms with E-state index in [-0.39, 0.29) is 21.3 Å². The molecule has 22 heavy (non-hydrogen) atoms. The Morgan fingerprint density at radius 2 is 1.91 bits per heavy atom. The second-order valence-electron chi connectivity index (χ2n) is 4.42. The van der Waals surface area contributed by atoms with Crippen LogP contribution in [0, 0.1) is 13.8 Å². The summed E-state index contributed by atoms with van der Waals surface area (Å²) >= 11 is 11.9. The maximum Gasteiger partial charge on any atom is 0.344 e. The summed E-state index contributed by atoms with van der Waals surface area (Å²) in [7, 11) is 0. The van der Waals surface area contributed by atoms with Crippen molar-refractivity contribution in [1.82, 2.24) is 5.16 Å². The number of amides is 1. The van der Waals surface area contributed by atoms with Gasteiger partial charge >= 0.3 is 5.97 Å². The second-order valence-corrected chi connectivity index (χ2v) is 5.23. The third-order valence-corrected chi connectivity index (χ3v) is 3.43. The molecule has 2 rings (SSSR count). The van der Waals surface area contributed by atoms with Gasteiger partial charge in [-0.2, -0.15) is 0 Å². The Labute approximate surface area is 136 Å². The van der Waals surface area contributed by atoms with Crippen LogP contribution in [0.1, 0.15) is 21.8 Å². The molecule has 116 valence electrons. The van der Waals surface area contributed by atoms with Crippen molar-refractivity contribution < 1.29 is 18.8 Å². The number of nitrogens with zero attached hydrogens (tertiary/aromatic N) is 1. The molecule has 0 aliphatic heterocycles. The first kappa shape index (κ1) is 16.3. The highest BCUT2D eigenvalue weighted by Crippen LogP contribution is 2.29. The van der Waals surface area contributed by atoms with Crippen LogP contribution in [0.25, 0.3) is 0 Å². The first-order valence-electron chi connectivity index (χ1n) is 6.24. The van der Waals surface area contributed by atoms with Crippen LogP contribution in [0.5, 0.6) is 0 Å². The van der Waals surface area contributed by atoms with Crippen LogP contribution in [0.4, 0.5) is 5.69 Å². The molecule has 0 aliphatic carbocycles. The molecule has 2 aromatic rings. The van der Waals surface area contributed by atoms with Gasteiger partial charge in [-0.1, -0.05) is 34.4 Å². The van der Waals surface area contributed by atoms with Gasteiger partial charge in [0.15, 0.2) is 6.61 Å². The number of nitrogens with one attached hydrogen (secondary N) is 1. The maximum absolute atomic E-state index is 11.9. The van der Waals surface area contributed by atoms with E-state index in [9.17, 15) is 9.59 Å². The van der Waals surface area contributed by atoms with Gasteiger partial charge in [-0.25, -0.2) is 4.79 Å². The summed E-state index contributed by atoms with van der Waals surface area (Å²) in [5, 5.41) is 6.71. The molecule has 1 aromatic heterocycles. The van der Waals surface area contributed by atoms with Gasteiger partial charge in [0.25, 0.3) is 5.91 Å². The van der Waals surface area contributed by atoms with Gasteiger partial charge in [0, 0.05) is 0 Å². The van der Waals surface area contributed by atoms with Crippen molar-refractivity contribution in [3.8, 4) is 0 Å². The number of benzene rings is 1. The number of aryl methyl sites for hydroxylation is 2. The minimum absolute atomic E-state index is 0.212. The fourth-order valence-corrected chi connectivity index (χ4v) is 2.26. The Morgan fingerprint density at radius 3 is 2.45 bits per heavy atom. The van der Waals surface area contributed by atoms with Crippen molar-refractivity contribution in [2.45, 2.75) is 13.8 Å². The van der Waals surface area contributed by atoms with E-state index in [4.69, 9.17) is 32.5 Å². The van der Waals surface area contributed by atoms with Crippen molar-refractivity contribution in [3.63, 3.8) is 0 Å². The zero-order chi connectivity index (χ0) is 16.3. The molecule has 1 amide bonds. The number of anilines is 1. The molecule has 6 nitrogen and oxygen atoms in total. The molecule has 1 heterocycles. The topological polar surface area (TPSA) is 81.4 Å². The van der Waals surface area contributed by atoms with Crippen LogP contribution < -0.4 is 5.32 Å². The standard InChI is InChI=1S/C14H12Cl2N2O4/c1-7-12(8(2)22-18-7)14(20)21-6-11(19)17-13-9(15)4-3-5-10(13)16/h3-5H,6H2,1-2H3,(H,17,19). The average molecular weight is 343 g/mol. The van der Waals surface area contributed by atoms with Crippen LogP contribution >= 0.6 is 23.2 Å². The smallest absolute Gasteiger partial charge is 0.344 e. The first-order chi connectivity index (χ1) is 10.4. The van der Waals surface area contributed by atoms with Gasteiger partial charge < -0.3 is 14.6 Å². The van der Waals surface area contributed by atoms with Crippen molar-refractivity contribution in [1.29, 1.82) is 0 Å². The molecule has 0 saturated carbocycles. The molecule has 0 fully saturated rings. The largest absolute Gasteiger partial charge is 0.452 e. The molecule has 0 saturated heterocycles. The Kier molecular flexibility index (Phi) is 5.05. The summed E-state index contributed by atoms with van der Waals surface area (Å²) < 4.78 is 9.79. The lowest BCUT2D eigenvalue weighted by Crippen LogP contribution is -2.21. The summed E-state index contributed by atoms with van der Waals surface area (Å²) in [6, 6.07) is 4.82. The minimum Gasteiger partial charge on any atom is -0.452 e. The molecule has 0 bridgehead atoms. The first-order valence-corrected chi connectivity index (χ1v) is 6.99. The van der Waals surface area contributed by atoms with Crippen LogP contribution in [-0.2, 0) is 9.53 Å². The number of carbonyl (C=O) groups excluding carboxylic acids is 2. The number of carbonyl (C=O) groups is 2. The molecule has 8 heteroatoms. The molecular formula is C14H12Cl2N2O4. The molecule has 0 unspecified atom stereocenters. The van der Waals surface area contributed by atoms with E-state index in [1.165, 1.54) is 0 Å². The second kappa shape index (κ2) is 6.81. The van der Waals surface area contributed by atoms with E-state index in [1.807, 2.05) is 0 Å². The van der Waals surface area contributed by atoms with E-state index < -0.39 is 18.5 Å². The summed E-state index contributed by atoms with van der Waals surface area (Å²) in [6.45, 7) is 2.71. The number of ether oxygens (including phenoxy) is 1. The molecule has 1 N–H and O–H groups in total. The zero-order valence-corrected chi connectivity index (χ0v) is 13.3. The van der Waals surface area contributed by atoms with Crippen molar-refractivity contribution in [3.05, 3.63) is 45.3 Å². The van der Waals surface area contributed by atoms with Crippen molar-refractivity contribution in [2.24, 2.45) is 0 Å². The van der Waals surface area contributed by atoms with E-state index >= 15 is 0 Å². The average Bonchev–Trinajstić information content (AvgIpc) is 2.80. The Balaban J connectivity index is 1.98. The van der Waals surface area contributed by atoms with Gasteiger partial charge in [-0.05, 0) is 26.0 Å². The Morgan fingerprint density at radius 1 is 1.27 bits per heavy atom. The fourth-order valence-electron chi connectivity index (χ4n) is 1.77. The number of rotatable bonds is 4. The number of para-hydroxylation sites is 1. The third-order valence-electron chi connectivity index (χ3n) is 2.80. The van der Waals surface area contributed by atoms with Gasteiger partial charge in [0.05, 0.1) is 21.4 Å². The summed E-state index contributed by atoms with van der Waals surface area (Å²) in [5.41, 5.74) is 0.879. The molecule has 0 aliphatic rings. The number of hydrogen-bond acceptors (Lipinski definition) is 5. The highest BCUT2D eigenvalue weighted by atomic mass is 35.5. The third kappa shape index (κ3) is 3.58. The minimum atomic E-state index is -0.684. The molecule has 0 spiro atoms. The Bertz CT molecular complexity index is 688. The normalized spacial score (nSPS) is 10.4. The molecular weight excluding hydrogens is 331 g/mol. The quantitative estimate of drug-likeness (QED) is 0.861. The van der Waals surface area contributed by atoms with E-state index in [0.717, 1.165) is 0 Å². The number of halogens is 2. The van der Waals surface area contributed by atoms with E-state index in [0.29, 0.717) is 11.5 Å². The van der Waals surface area contributed by atoms with Crippen molar-refractivity contribution in [2.75, 3.05) is 11.9 Å². The number of esters is 1. The lowest BCUT2D eigenvalue weighted by Gasteiger charge is -2.09. The highest BCUT2D eigenvalue weighted by Gasteiger charge is 2.20. The number of hydrogen-bond donors (Lipinski definition) is 1. The summed E-state index contributed by atoms with van der Waals surface area (Å²) in [6.07, 6.45) is 0. The predicted octanol–water partition coefficient (Wildman–Crippen LogP) is 3.39. The fraction of sp³-hybridized carbons (Fsp3) is 0.214. The lowest BCUT2D eigenvalue weighted by atomic mass is 10.2. The van der Waals surface area contributed by atoms with Gasteiger partial charge in [-0.3, -0.25) is 4.79 Å². The van der Waals surface area contributed by atoms with Crippen LogP contribution in [0.15, 0.2) is 22.7 Å². The van der Waals surface area contributed by atoms with Gasteiger partial charge in [0.2, 0.25) is 0 Å². The predicted molar refractivity (Wildman–Crippen MR) is 81.4 cm³/mol. The van der Waals surface area contributed by atoms with Gasteiger partial charge in [0.1, 0.15) is 11.3 Å². The van der Waals surface area contributed by atoms with Crippen molar-refractivity contribution >= 4 is 40.8 Å². The van der Waals surface area contributed by atoms with Crippen LogP contribution in [0.3, 0.4) is 0 Å². The SMILES string of the molecule is Cc1noc(C)c1C(=O)OCC(=O)Nc1c(Cl)cccc1Cl. The molecule has 0 atom stereocenters. The molecule has 0 radical (unpaired) electrons. The summed E-state index contributed by atoms with van der Waals surface area (Å²) in [4.78, 5) is 23.7. The van der Waals surface area contributed by atoms with Crippen LogP contribution in [-0.4, -0.2) is 23.6 Å². The zero-order valence-electron chi connectivity index (χ0n) is 11.8. The van der Waals surface area contributed by atoms with Gasteiger partial charge in [-0.15, -0.1) is 0 Å². The maximum atomic E-state index is 11.9. The van der Waals surface area contributed by atoms with Crippen LogP contribution in [0.2, 0.25) is 10.0 Å². The van der Waals surface area contributed by atoms with E-state index in [2.05, 4.69) is 10.5 Å². The lowest BCUT2D eigenvalue weighted by molar-refractivity contribution is -0.119. The Hall–Kier alpha value is -2.05. The van der Waals surface area contributed by atoms with E-state index in [1.54, 1.807) is 32.0 Å². The molecule has 1 aromatic carbocycles. The highest BCUT2D eigenvalue weighted by molar-refractivity contribution is 6.39.